The van der Waals surface area contributed by atoms with Gasteiger partial charge in [-0.25, -0.2) is 22.5 Å². The molecule has 0 atom stereocenters. The Morgan fingerprint density at radius 2 is 1.30 bits per heavy atom. The molecule has 3 nitrogen and oxygen atoms in total. The maximum atomic E-state index is 14.3. The summed E-state index contributed by atoms with van der Waals surface area (Å²) in [4.78, 5) is 10.8. The van der Waals surface area contributed by atoms with Crippen molar-refractivity contribution in [1.29, 1.82) is 0 Å². The maximum absolute atomic E-state index is 14.3. The number of pyridine rings is 2. The highest BCUT2D eigenvalue weighted by molar-refractivity contribution is 5.61. The van der Waals surface area contributed by atoms with Gasteiger partial charge in [0, 0.05) is 30.2 Å². The maximum Gasteiger partial charge on any atom is 0.149 e. The summed E-state index contributed by atoms with van der Waals surface area (Å²) in [6.07, 6.45) is 0. The van der Waals surface area contributed by atoms with Crippen molar-refractivity contribution < 1.29 is 17.6 Å². The fourth-order valence-electron chi connectivity index (χ4n) is 3.60. The predicted octanol–water partition coefficient (Wildman–Crippen LogP) is 6.79. The molecule has 0 aliphatic carbocycles. The van der Waals surface area contributed by atoms with Crippen LogP contribution in [0.1, 0.15) is 25.2 Å². The third-order valence-corrected chi connectivity index (χ3v) is 5.59. The summed E-state index contributed by atoms with van der Waals surface area (Å²) in [6, 6.07) is 17.3. The zero-order chi connectivity index (χ0) is 23.8. The summed E-state index contributed by atoms with van der Waals surface area (Å²) in [6.45, 7) is 3.84. The molecule has 0 radical (unpaired) electrons. The van der Waals surface area contributed by atoms with Gasteiger partial charge in [-0.15, -0.1) is 0 Å². The number of halogens is 4. The van der Waals surface area contributed by atoms with E-state index in [9.17, 15) is 17.6 Å². The van der Waals surface area contributed by atoms with Crippen molar-refractivity contribution in [2.75, 3.05) is 11.9 Å². The van der Waals surface area contributed by atoms with Crippen LogP contribution in [0.2, 0.25) is 0 Å². The van der Waals surface area contributed by atoms with Crippen LogP contribution in [0.3, 0.4) is 0 Å². The van der Waals surface area contributed by atoms with Gasteiger partial charge >= 0.3 is 0 Å². The lowest BCUT2D eigenvalue weighted by molar-refractivity contribution is 0.581. The van der Waals surface area contributed by atoms with Crippen LogP contribution >= 0.6 is 0 Å². The van der Waals surface area contributed by atoms with Crippen molar-refractivity contribution in [3.8, 4) is 11.3 Å². The zero-order valence-corrected chi connectivity index (χ0v) is 18.3. The molecule has 2 aromatic carbocycles. The van der Waals surface area contributed by atoms with Crippen LogP contribution in [-0.2, 0) is 5.41 Å². The Morgan fingerprint density at radius 1 is 0.697 bits per heavy atom. The minimum atomic E-state index is -0.695. The van der Waals surface area contributed by atoms with Crippen molar-refractivity contribution in [3.63, 3.8) is 0 Å². The number of benzene rings is 2. The van der Waals surface area contributed by atoms with Crippen molar-refractivity contribution in [2.45, 2.75) is 19.3 Å². The van der Waals surface area contributed by atoms with Crippen LogP contribution in [0.5, 0.6) is 0 Å². The van der Waals surface area contributed by atoms with E-state index in [2.05, 4.69) is 4.98 Å². The Kier molecular flexibility index (Phi) is 5.89. The van der Waals surface area contributed by atoms with Gasteiger partial charge in [-0.3, -0.25) is 4.98 Å². The molecule has 2 aromatic heterocycles. The number of rotatable bonds is 5. The molecule has 4 rings (SSSR count). The third-order valence-electron chi connectivity index (χ3n) is 5.59. The number of hydrogen-bond donors (Lipinski definition) is 0. The van der Waals surface area contributed by atoms with E-state index < -0.39 is 28.7 Å². The second-order valence-electron chi connectivity index (χ2n) is 8.19. The van der Waals surface area contributed by atoms with Crippen molar-refractivity contribution in [1.82, 2.24) is 9.97 Å². The minimum Gasteiger partial charge on any atom is -0.327 e. The average Bonchev–Trinajstić information content (AvgIpc) is 2.79. The van der Waals surface area contributed by atoms with E-state index in [0.29, 0.717) is 22.9 Å². The Morgan fingerprint density at radius 3 is 1.97 bits per heavy atom. The lowest BCUT2D eigenvalue weighted by atomic mass is 9.84. The van der Waals surface area contributed by atoms with E-state index in [1.807, 2.05) is 26.0 Å². The number of anilines is 2. The molecule has 0 bridgehead atoms. The largest absolute Gasteiger partial charge is 0.327 e. The molecule has 0 spiro atoms. The van der Waals surface area contributed by atoms with Gasteiger partial charge in [-0.1, -0.05) is 12.1 Å². The number of hydrogen-bond acceptors (Lipinski definition) is 3. The fourth-order valence-corrected chi connectivity index (χ4v) is 3.60. The highest BCUT2D eigenvalue weighted by Gasteiger charge is 2.28. The topological polar surface area (TPSA) is 29.0 Å². The molecule has 0 saturated carbocycles. The summed E-state index contributed by atoms with van der Waals surface area (Å²) in [5.41, 5.74) is 1.35. The lowest BCUT2D eigenvalue weighted by Crippen LogP contribution is -2.24. The lowest BCUT2D eigenvalue weighted by Gasteiger charge is -2.26. The van der Waals surface area contributed by atoms with E-state index in [-0.39, 0.29) is 11.3 Å². The van der Waals surface area contributed by atoms with Crippen molar-refractivity contribution >= 4 is 11.5 Å². The predicted molar refractivity (Wildman–Crippen MR) is 120 cm³/mol. The summed E-state index contributed by atoms with van der Waals surface area (Å²) < 4.78 is 55.2. The summed E-state index contributed by atoms with van der Waals surface area (Å²) in [7, 11) is 1.64. The molecule has 2 heterocycles. The number of nitrogens with zero attached hydrogens (tertiary/aromatic N) is 3. The Bertz CT molecular complexity index is 1320. The van der Waals surface area contributed by atoms with E-state index in [4.69, 9.17) is 4.98 Å². The first-order valence-electron chi connectivity index (χ1n) is 10.3. The molecule has 0 unspecified atom stereocenters. The molecule has 0 N–H and O–H groups in total. The van der Waals surface area contributed by atoms with Gasteiger partial charge in [-0.05, 0) is 62.4 Å². The quantitative estimate of drug-likeness (QED) is 0.313. The third kappa shape index (κ3) is 4.44. The fraction of sp³-hybridized carbons (Fsp3) is 0.154. The first-order valence-corrected chi connectivity index (χ1v) is 10.3. The first kappa shape index (κ1) is 22.5. The molecule has 0 aliphatic rings. The van der Waals surface area contributed by atoms with Crippen molar-refractivity contribution in [2.24, 2.45) is 0 Å². The Balaban J connectivity index is 1.71. The van der Waals surface area contributed by atoms with E-state index in [1.54, 1.807) is 31.3 Å². The van der Waals surface area contributed by atoms with E-state index in [1.165, 1.54) is 29.2 Å². The highest BCUT2D eigenvalue weighted by Crippen LogP contribution is 2.33. The van der Waals surface area contributed by atoms with E-state index in [0.717, 1.165) is 12.1 Å². The van der Waals surface area contributed by atoms with Gasteiger partial charge in [0.1, 0.15) is 29.1 Å². The molecule has 0 amide bonds. The second kappa shape index (κ2) is 8.65. The van der Waals surface area contributed by atoms with Gasteiger partial charge in [-0.2, -0.15) is 0 Å². The zero-order valence-electron chi connectivity index (χ0n) is 18.3. The SMILES string of the molecule is CN(c1cccc(C(C)(C)c2cccc(-c3ccc(F)cc3F)n2)n1)c1ccc(F)cc1F. The van der Waals surface area contributed by atoms with Gasteiger partial charge in [0.15, 0.2) is 0 Å². The second-order valence-corrected chi connectivity index (χ2v) is 8.19. The molecule has 0 saturated heterocycles. The summed E-state index contributed by atoms with van der Waals surface area (Å²) >= 11 is 0. The van der Waals surface area contributed by atoms with Gasteiger partial charge < -0.3 is 4.90 Å². The Hall–Kier alpha value is -3.74. The molecule has 168 valence electrons. The summed E-state index contributed by atoms with van der Waals surface area (Å²) in [5, 5.41) is 0. The molecular formula is C26H21F4N3. The van der Waals surface area contributed by atoms with Crippen LogP contribution in [0.25, 0.3) is 11.3 Å². The smallest absolute Gasteiger partial charge is 0.149 e. The molecule has 33 heavy (non-hydrogen) atoms. The molecule has 0 fully saturated rings. The molecule has 7 heteroatoms. The molecular weight excluding hydrogens is 430 g/mol. The van der Waals surface area contributed by atoms with Crippen LogP contribution in [-0.4, -0.2) is 17.0 Å². The monoisotopic (exact) mass is 451 g/mol. The van der Waals surface area contributed by atoms with Crippen molar-refractivity contribution in [3.05, 3.63) is 107 Å². The van der Waals surface area contributed by atoms with Crippen LogP contribution in [0.15, 0.2) is 72.8 Å². The van der Waals surface area contributed by atoms with Gasteiger partial charge in [0.05, 0.1) is 22.8 Å². The highest BCUT2D eigenvalue weighted by atomic mass is 19.1. The Labute approximate surface area is 189 Å². The molecule has 4 aromatic rings. The normalized spacial score (nSPS) is 11.5. The number of aromatic nitrogens is 2. The first-order chi connectivity index (χ1) is 15.7. The van der Waals surface area contributed by atoms with Crippen LogP contribution in [0.4, 0.5) is 29.1 Å². The average molecular weight is 451 g/mol. The standard InChI is InChI=1S/C26H21F4N3/c1-26(2,23-7-4-6-21(31-23)18-12-10-16(27)14-19(18)29)24-8-5-9-25(32-24)33(3)22-13-11-17(28)15-20(22)30/h4-15H,1-3H3. The minimum absolute atomic E-state index is 0.186. The molecule has 0 aliphatic heterocycles. The van der Waals surface area contributed by atoms with Gasteiger partial charge in [0.2, 0.25) is 0 Å². The van der Waals surface area contributed by atoms with Gasteiger partial charge in [0.25, 0.3) is 0 Å². The van der Waals surface area contributed by atoms with Crippen LogP contribution in [0, 0.1) is 23.3 Å². The summed E-state index contributed by atoms with van der Waals surface area (Å²) in [5.74, 6) is -2.24. The van der Waals surface area contributed by atoms with Crippen LogP contribution < -0.4 is 4.90 Å². The van der Waals surface area contributed by atoms with E-state index >= 15 is 0 Å².